The van der Waals surface area contributed by atoms with Gasteiger partial charge in [-0.3, -0.25) is 4.79 Å². The number of ether oxygens (including phenoxy) is 1. The van der Waals surface area contributed by atoms with Crippen molar-refractivity contribution in [2.45, 2.75) is 25.8 Å². The van der Waals surface area contributed by atoms with Gasteiger partial charge in [0.25, 0.3) is 0 Å². The first-order valence-electron chi connectivity index (χ1n) is 4.54. The second kappa shape index (κ2) is 3.65. The molecule has 1 aliphatic heterocycles. The molecular formula is C8H11N3O3. The van der Waals surface area contributed by atoms with Crippen molar-refractivity contribution in [2.24, 2.45) is 0 Å². The van der Waals surface area contributed by atoms with E-state index in [1.54, 1.807) is 4.68 Å². The summed E-state index contributed by atoms with van der Waals surface area (Å²) in [5.74, 6) is -0.289. The van der Waals surface area contributed by atoms with Crippen molar-refractivity contribution in [1.82, 2.24) is 14.8 Å². The lowest BCUT2D eigenvalue weighted by Gasteiger charge is -2.11. The standard InChI is InChI=1S/C8H11N3O3/c12-7(13)3-2-6-9-8-11(10-6)4-1-5-14-8/h1-5H2,(H,12,13). The molecule has 1 aromatic rings. The summed E-state index contributed by atoms with van der Waals surface area (Å²) in [5, 5.41) is 12.6. The molecule has 2 heterocycles. The highest BCUT2D eigenvalue weighted by Gasteiger charge is 2.15. The molecule has 1 aromatic heterocycles. The lowest BCUT2D eigenvalue weighted by atomic mass is 10.3. The van der Waals surface area contributed by atoms with E-state index in [4.69, 9.17) is 9.84 Å². The van der Waals surface area contributed by atoms with Crippen LogP contribution in [0.2, 0.25) is 0 Å². The lowest BCUT2D eigenvalue weighted by molar-refractivity contribution is -0.137. The monoisotopic (exact) mass is 197 g/mol. The number of aromatic nitrogens is 3. The van der Waals surface area contributed by atoms with E-state index < -0.39 is 5.97 Å². The average Bonchev–Trinajstić information content (AvgIpc) is 2.57. The Morgan fingerprint density at radius 1 is 1.64 bits per heavy atom. The molecule has 0 saturated carbocycles. The Bertz CT molecular complexity index is 324. The Kier molecular flexibility index (Phi) is 2.34. The van der Waals surface area contributed by atoms with Crippen LogP contribution in [0.25, 0.3) is 0 Å². The molecule has 0 atom stereocenters. The first-order chi connectivity index (χ1) is 6.75. The Balaban J connectivity index is 2.04. The number of carbonyl (C=O) groups is 1. The van der Waals surface area contributed by atoms with Gasteiger partial charge in [-0.1, -0.05) is 0 Å². The van der Waals surface area contributed by atoms with Gasteiger partial charge in [-0.25, -0.2) is 4.68 Å². The normalized spacial score (nSPS) is 14.6. The minimum Gasteiger partial charge on any atom is -0.481 e. The highest BCUT2D eigenvalue weighted by molar-refractivity contribution is 5.66. The molecule has 6 nitrogen and oxygen atoms in total. The number of hydrogen-bond acceptors (Lipinski definition) is 4. The molecule has 2 rings (SSSR count). The van der Waals surface area contributed by atoms with Gasteiger partial charge in [-0.05, 0) is 0 Å². The number of rotatable bonds is 3. The smallest absolute Gasteiger partial charge is 0.315 e. The van der Waals surface area contributed by atoms with Gasteiger partial charge in [-0.15, -0.1) is 0 Å². The van der Waals surface area contributed by atoms with Gasteiger partial charge >= 0.3 is 12.0 Å². The van der Waals surface area contributed by atoms with Crippen LogP contribution in [-0.2, 0) is 17.8 Å². The van der Waals surface area contributed by atoms with Crippen molar-refractivity contribution >= 4 is 5.97 Å². The van der Waals surface area contributed by atoms with E-state index >= 15 is 0 Å². The second-order valence-corrected chi connectivity index (χ2v) is 3.13. The quantitative estimate of drug-likeness (QED) is 0.742. The van der Waals surface area contributed by atoms with E-state index in [0.29, 0.717) is 24.9 Å². The molecule has 0 unspecified atom stereocenters. The first kappa shape index (κ1) is 8.98. The molecule has 6 heteroatoms. The topological polar surface area (TPSA) is 77.2 Å². The van der Waals surface area contributed by atoms with Crippen LogP contribution in [-0.4, -0.2) is 32.4 Å². The summed E-state index contributed by atoms with van der Waals surface area (Å²) in [6, 6.07) is 0.511. The summed E-state index contributed by atoms with van der Waals surface area (Å²) in [5.41, 5.74) is 0. The Morgan fingerprint density at radius 2 is 2.50 bits per heavy atom. The summed E-state index contributed by atoms with van der Waals surface area (Å²) < 4.78 is 6.93. The Morgan fingerprint density at radius 3 is 3.21 bits per heavy atom. The number of carboxylic acid groups (broad SMARTS) is 1. The van der Waals surface area contributed by atoms with Crippen molar-refractivity contribution in [3.05, 3.63) is 5.82 Å². The first-order valence-corrected chi connectivity index (χ1v) is 4.54. The third-order valence-electron chi connectivity index (χ3n) is 1.99. The zero-order chi connectivity index (χ0) is 9.97. The third-order valence-corrected chi connectivity index (χ3v) is 1.99. The molecule has 0 amide bonds. The van der Waals surface area contributed by atoms with Crippen molar-refractivity contribution < 1.29 is 14.6 Å². The molecule has 0 aromatic carbocycles. The van der Waals surface area contributed by atoms with Crippen molar-refractivity contribution in [1.29, 1.82) is 0 Å². The second-order valence-electron chi connectivity index (χ2n) is 3.13. The fourth-order valence-electron chi connectivity index (χ4n) is 1.33. The van der Waals surface area contributed by atoms with Gasteiger partial charge < -0.3 is 9.84 Å². The van der Waals surface area contributed by atoms with Crippen LogP contribution in [0, 0.1) is 0 Å². The Labute approximate surface area is 80.5 Å². The summed E-state index contributed by atoms with van der Waals surface area (Å²) in [6.07, 6.45) is 1.34. The predicted molar refractivity (Wildman–Crippen MR) is 46.1 cm³/mol. The number of fused-ring (bicyclic) bond motifs is 1. The van der Waals surface area contributed by atoms with Crippen molar-refractivity contribution in [3.63, 3.8) is 0 Å². The van der Waals surface area contributed by atoms with Gasteiger partial charge in [-0.2, -0.15) is 10.1 Å². The minimum atomic E-state index is -0.835. The van der Waals surface area contributed by atoms with Crippen LogP contribution < -0.4 is 4.74 Å². The molecule has 0 spiro atoms. The summed E-state index contributed by atoms with van der Waals surface area (Å²) in [4.78, 5) is 14.4. The van der Waals surface area contributed by atoms with E-state index in [-0.39, 0.29) is 6.42 Å². The maximum absolute atomic E-state index is 10.3. The fourth-order valence-corrected chi connectivity index (χ4v) is 1.33. The maximum atomic E-state index is 10.3. The molecule has 1 aliphatic rings. The van der Waals surface area contributed by atoms with Crippen molar-refractivity contribution in [2.75, 3.05) is 6.61 Å². The summed E-state index contributed by atoms with van der Waals surface area (Å²) in [6.45, 7) is 1.46. The van der Waals surface area contributed by atoms with Crippen LogP contribution in [0.5, 0.6) is 6.01 Å². The highest BCUT2D eigenvalue weighted by Crippen LogP contribution is 2.14. The van der Waals surface area contributed by atoms with Crippen LogP contribution >= 0.6 is 0 Å². The number of aryl methyl sites for hydroxylation is 2. The van der Waals surface area contributed by atoms with E-state index in [2.05, 4.69) is 10.1 Å². The van der Waals surface area contributed by atoms with Crippen LogP contribution in [0.4, 0.5) is 0 Å². The maximum Gasteiger partial charge on any atom is 0.315 e. The SMILES string of the molecule is O=C(O)CCc1nc2n(n1)CCCO2. The van der Waals surface area contributed by atoms with E-state index in [1.807, 2.05) is 0 Å². The molecule has 0 fully saturated rings. The predicted octanol–water partition coefficient (Wildman–Crippen LogP) is 0.0778. The van der Waals surface area contributed by atoms with E-state index in [1.165, 1.54) is 0 Å². The van der Waals surface area contributed by atoms with Gasteiger partial charge in [0.05, 0.1) is 13.0 Å². The molecule has 1 N–H and O–H groups in total. The number of hydrogen-bond donors (Lipinski definition) is 1. The number of aliphatic carboxylic acids is 1. The van der Waals surface area contributed by atoms with Crippen LogP contribution in [0.3, 0.4) is 0 Å². The zero-order valence-electron chi connectivity index (χ0n) is 7.64. The van der Waals surface area contributed by atoms with Gasteiger partial charge in [0.15, 0.2) is 5.82 Å². The van der Waals surface area contributed by atoms with E-state index in [9.17, 15) is 4.79 Å². The number of nitrogens with zero attached hydrogens (tertiary/aromatic N) is 3. The lowest BCUT2D eigenvalue weighted by Crippen LogP contribution is -2.15. The molecule has 14 heavy (non-hydrogen) atoms. The van der Waals surface area contributed by atoms with Gasteiger partial charge in [0.1, 0.15) is 0 Å². The van der Waals surface area contributed by atoms with E-state index in [0.717, 1.165) is 13.0 Å². The molecule has 0 saturated heterocycles. The van der Waals surface area contributed by atoms with Gasteiger partial charge in [0.2, 0.25) is 0 Å². The number of carboxylic acids is 1. The minimum absolute atomic E-state index is 0.0590. The van der Waals surface area contributed by atoms with Gasteiger partial charge in [0, 0.05) is 19.4 Å². The molecule has 0 aliphatic carbocycles. The Hall–Kier alpha value is -1.59. The molecular weight excluding hydrogens is 186 g/mol. The van der Waals surface area contributed by atoms with Crippen LogP contribution in [0.1, 0.15) is 18.7 Å². The summed E-state index contributed by atoms with van der Waals surface area (Å²) >= 11 is 0. The van der Waals surface area contributed by atoms with Crippen LogP contribution in [0.15, 0.2) is 0 Å². The highest BCUT2D eigenvalue weighted by atomic mass is 16.5. The summed E-state index contributed by atoms with van der Waals surface area (Å²) in [7, 11) is 0. The molecule has 0 bridgehead atoms. The fraction of sp³-hybridized carbons (Fsp3) is 0.625. The molecule has 76 valence electrons. The average molecular weight is 197 g/mol. The van der Waals surface area contributed by atoms with Crippen molar-refractivity contribution in [3.8, 4) is 6.01 Å². The largest absolute Gasteiger partial charge is 0.481 e. The third kappa shape index (κ3) is 1.84. The molecule has 0 radical (unpaired) electrons. The zero-order valence-corrected chi connectivity index (χ0v) is 7.64.